The molecule has 2 aliphatic rings. The number of carbonyl (C=O) groups is 1. The SMILES string of the molecule is COC[C@H]1CN([C@H](C)C2CC2)C(=O)c2c(O)c(=O)c(-c3nnc(Cc4ccc(F)cc4)s3)cn21. The lowest BCUT2D eigenvalue weighted by Gasteiger charge is -2.39. The average molecular weight is 485 g/mol. The van der Waals surface area contributed by atoms with Crippen LogP contribution in [0.2, 0.25) is 0 Å². The number of amides is 1. The molecule has 0 spiro atoms. The molecule has 0 bridgehead atoms. The van der Waals surface area contributed by atoms with Crippen molar-refractivity contribution in [3.63, 3.8) is 0 Å². The number of aromatic hydroxyl groups is 1. The summed E-state index contributed by atoms with van der Waals surface area (Å²) < 4.78 is 20.2. The largest absolute Gasteiger partial charge is 0.503 e. The van der Waals surface area contributed by atoms with Gasteiger partial charge in [0.05, 0.1) is 18.2 Å². The van der Waals surface area contributed by atoms with Crippen molar-refractivity contribution in [2.24, 2.45) is 5.92 Å². The predicted molar refractivity (Wildman–Crippen MR) is 125 cm³/mol. The molecule has 10 heteroatoms. The minimum absolute atomic E-state index is 0.00870. The molecule has 2 atom stereocenters. The molecule has 3 heterocycles. The topological polar surface area (TPSA) is 97.6 Å². The molecule has 1 fully saturated rings. The molecule has 178 valence electrons. The Morgan fingerprint density at radius 1 is 1.24 bits per heavy atom. The highest BCUT2D eigenvalue weighted by atomic mass is 32.1. The molecule has 0 radical (unpaired) electrons. The monoisotopic (exact) mass is 484 g/mol. The minimum atomic E-state index is -0.652. The second-order valence-electron chi connectivity index (χ2n) is 8.93. The van der Waals surface area contributed by atoms with Crippen molar-refractivity contribution >= 4 is 17.2 Å². The summed E-state index contributed by atoms with van der Waals surface area (Å²) in [7, 11) is 1.58. The summed E-state index contributed by atoms with van der Waals surface area (Å²) in [6.07, 6.45) is 4.18. The van der Waals surface area contributed by atoms with E-state index in [-0.39, 0.29) is 35.1 Å². The lowest BCUT2D eigenvalue weighted by atomic mass is 10.0. The fraction of sp³-hybridized carbons (Fsp3) is 0.417. The van der Waals surface area contributed by atoms with Gasteiger partial charge in [0.25, 0.3) is 5.91 Å². The summed E-state index contributed by atoms with van der Waals surface area (Å²) >= 11 is 1.22. The van der Waals surface area contributed by atoms with Crippen molar-refractivity contribution in [3.05, 3.63) is 62.8 Å². The molecule has 1 N–H and O–H groups in total. The van der Waals surface area contributed by atoms with Crippen LogP contribution in [0.1, 0.15) is 46.9 Å². The molecule has 1 saturated carbocycles. The Bertz CT molecular complexity index is 1290. The normalized spacial score (nSPS) is 18.7. The van der Waals surface area contributed by atoms with E-state index in [1.54, 1.807) is 34.9 Å². The lowest BCUT2D eigenvalue weighted by molar-refractivity contribution is 0.0468. The van der Waals surface area contributed by atoms with Gasteiger partial charge in [-0.05, 0) is 43.4 Å². The number of aromatic nitrogens is 3. The van der Waals surface area contributed by atoms with Crippen molar-refractivity contribution in [3.8, 4) is 16.3 Å². The van der Waals surface area contributed by atoms with Gasteiger partial charge in [-0.2, -0.15) is 0 Å². The second-order valence-corrected chi connectivity index (χ2v) is 9.99. The van der Waals surface area contributed by atoms with Crippen LogP contribution >= 0.6 is 11.3 Å². The summed E-state index contributed by atoms with van der Waals surface area (Å²) in [5, 5.41) is 20.2. The number of carbonyl (C=O) groups excluding carboxylic acids is 1. The molecular weight excluding hydrogens is 459 g/mol. The number of pyridine rings is 1. The van der Waals surface area contributed by atoms with Crippen LogP contribution in [0.3, 0.4) is 0 Å². The highest BCUT2D eigenvalue weighted by Gasteiger charge is 2.41. The number of ether oxygens (including phenoxy) is 1. The van der Waals surface area contributed by atoms with Crippen LogP contribution in [0.5, 0.6) is 5.75 Å². The van der Waals surface area contributed by atoms with Crippen LogP contribution in [0.15, 0.2) is 35.3 Å². The standard InChI is InChI=1S/C24H25FN4O4S/c1-13(15-5-6-15)28-10-17(12-33-2)29-11-18(21(30)22(31)20(29)24(28)32)23-27-26-19(34-23)9-14-3-7-16(25)8-4-14/h3-4,7-8,11,13,15,17,31H,5-6,9-10,12H2,1-2H3/t13-,17-/m1/s1. The van der Waals surface area contributed by atoms with Crippen LogP contribution in [0, 0.1) is 11.7 Å². The zero-order valence-corrected chi connectivity index (χ0v) is 19.7. The molecule has 0 saturated heterocycles. The van der Waals surface area contributed by atoms with Gasteiger partial charge in [0, 0.05) is 32.3 Å². The van der Waals surface area contributed by atoms with Gasteiger partial charge in [0.1, 0.15) is 10.8 Å². The van der Waals surface area contributed by atoms with E-state index in [9.17, 15) is 19.1 Å². The number of methoxy groups -OCH3 is 1. The Morgan fingerprint density at radius 2 is 1.97 bits per heavy atom. The maximum absolute atomic E-state index is 13.3. The van der Waals surface area contributed by atoms with Crippen LogP contribution < -0.4 is 5.43 Å². The summed E-state index contributed by atoms with van der Waals surface area (Å²) in [5.74, 6) is -0.786. The maximum Gasteiger partial charge on any atom is 0.274 e. The first-order valence-electron chi connectivity index (χ1n) is 11.2. The van der Waals surface area contributed by atoms with Crippen molar-refractivity contribution in [2.75, 3.05) is 20.3 Å². The van der Waals surface area contributed by atoms with E-state index in [1.807, 2.05) is 6.92 Å². The molecule has 3 aromatic rings. The number of rotatable bonds is 7. The number of halogens is 1. The fourth-order valence-corrected chi connectivity index (χ4v) is 5.41. The minimum Gasteiger partial charge on any atom is -0.503 e. The van der Waals surface area contributed by atoms with Gasteiger partial charge < -0.3 is 19.3 Å². The zero-order valence-electron chi connectivity index (χ0n) is 18.9. The highest BCUT2D eigenvalue weighted by molar-refractivity contribution is 7.14. The molecule has 0 unspecified atom stereocenters. The number of nitrogens with zero attached hydrogens (tertiary/aromatic N) is 4. The van der Waals surface area contributed by atoms with E-state index in [0.29, 0.717) is 35.5 Å². The lowest BCUT2D eigenvalue weighted by Crippen LogP contribution is -2.50. The molecule has 8 nitrogen and oxygen atoms in total. The first-order chi connectivity index (χ1) is 16.4. The molecule has 5 rings (SSSR count). The number of benzene rings is 1. The molecule has 1 amide bonds. The summed E-state index contributed by atoms with van der Waals surface area (Å²) in [5.41, 5.74) is 0.387. The quantitative estimate of drug-likeness (QED) is 0.553. The molecular formula is C24H25FN4O4S. The summed E-state index contributed by atoms with van der Waals surface area (Å²) in [4.78, 5) is 28.2. The number of fused-ring (bicyclic) bond motifs is 1. The van der Waals surface area contributed by atoms with Crippen molar-refractivity contribution in [1.82, 2.24) is 19.7 Å². The van der Waals surface area contributed by atoms with Gasteiger partial charge in [0.15, 0.2) is 16.5 Å². The third-order valence-corrected chi connectivity index (χ3v) is 7.55. The number of hydrogen-bond donors (Lipinski definition) is 1. The first kappa shape index (κ1) is 22.7. The second kappa shape index (κ2) is 8.92. The third kappa shape index (κ3) is 4.12. The molecule has 1 aliphatic heterocycles. The van der Waals surface area contributed by atoms with Crippen molar-refractivity contribution in [1.29, 1.82) is 0 Å². The van der Waals surface area contributed by atoms with Gasteiger partial charge >= 0.3 is 0 Å². The zero-order chi connectivity index (χ0) is 24.0. The van der Waals surface area contributed by atoms with Gasteiger partial charge in [-0.15, -0.1) is 10.2 Å². The average Bonchev–Trinajstić information content (AvgIpc) is 3.58. The van der Waals surface area contributed by atoms with Crippen LogP contribution in [0.4, 0.5) is 4.39 Å². The van der Waals surface area contributed by atoms with Gasteiger partial charge in [-0.1, -0.05) is 23.5 Å². The summed E-state index contributed by atoms with van der Waals surface area (Å²) in [6.45, 7) is 2.77. The summed E-state index contributed by atoms with van der Waals surface area (Å²) in [6, 6.07) is 5.89. The van der Waals surface area contributed by atoms with Crippen LogP contribution in [-0.4, -0.2) is 57.0 Å². The molecule has 34 heavy (non-hydrogen) atoms. The fourth-order valence-electron chi connectivity index (χ4n) is 4.53. The Morgan fingerprint density at radius 3 is 2.65 bits per heavy atom. The number of hydrogen-bond acceptors (Lipinski definition) is 7. The molecule has 1 aliphatic carbocycles. The van der Waals surface area contributed by atoms with E-state index in [1.165, 1.54) is 23.5 Å². The Hall–Kier alpha value is -3.11. The van der Waals surface area contributed by atoms with Crippen molar-refractivity contribution in [2.45, 2.75) is 38.3 Å². The van der Waals surface area contributed by atoms with E-state index < -0.39 is 11.2 Å². The molecule has 2 aromatic heterocycles. The van der Waals surface area contributed by atoms with E-state index >= 15 is 0 Å². The Labute approximate surface area is 199 Å². The smallest absolute Gasteiger partial charge is 0.274 e. The highest BCUT2D eigenvalue weighted by Crippen LogP contribution is 2.38. The van der Waals surface area contributed by atoms with E-state index in [2.05, 4.69) is 10.2 Å². The van der Waals surface area contributed by atoms with Gasteiger partial charge in [-0.25, -0.2) is 4.39 Å². The maximum atomic E-state index is 13.3. The van der Waals surface area contributed by atoms with E-state index in [0.717, 1.165) is 18.4 Å². The molecule has 1 aromatic carbocycles. The van der Waals surface area contributed by atoms with Gasteiger partial charge in [0.2, 0.25) is 5.43 Å². The van der Waals surface area contributed by atoms with Crippen LogP contribution in [-0.2, 0) is 11.2 Å². The van der Waals surface area contributed by atoms with E-state index in [4.69, 9.17) is 4.74 Å². The van der Waals surface area contributed by atoms with Gasteiger partial charge in [-0.3, -0.25) is 9.59 Å². The van der Waals surface area contributed by atoms with Crippen LogP contribution in [0.25, 0.3) is 10.6 Å². The predicted octanol–water partition coefficient (Wildman–Crippen LogP) is 3.24. The third-order valence-electron chi connectivity index (χ3n) is 6.60. The Balaban J connectivity index is 1.51. The van der Waals surface area contributed by atoms with Crippen molar-refractivity contribution < 1.29 is 19.0 Å². The Kier molecular flexibility index (Phi) is 5.95. The first-order valence-corrected chi connectivity index (χ1v) is 12.0.